The van der Waals surface area contributed by atoms with Crippen LogP contribution in [0.2, 0.25) is 0 Å². The maximum atomic E-state index is 13.2. The van der Waals surface area contributed by atoms with Crippen LogP contribution in [0.15, 0.2) is 29.3 Å². The van der Waals surface area contributed by atoms with Gasteiger partial charge < -0.3 is 0 Å². The van der Waals surface area contributed by atoms with E-state index < -0.39 is 6.05 Å². The van der Waals surface area contributed by atoms with Crippen molar-refractivity contribution in [3.63, 3.8) is 0 Å². The Morgan fingerprint density at radius 3 is 2.64 bits per heavy atom. The van der Waals surface area contributed by atoms with E-state index >= 15 is 0 Å². The van der Waals surface area contributed by atoms with Crippen molar-refractivity contribution in [1.29, 1.82) is 0 Å². The van der Waals surface area contributed by atoms with Crippen molar-refractivity contribution in [3.8, 4) is 0 Å². The summed E-state index contributed by atoms with van der Waals surface area (Å²) in [6.45, 7) is 1.76. The van der Waals surface area contributed by atoms with E-state index in [9.17, 15) is 13.6 Å². The van der Waals surface area contributed by atoms with E-state index in [0.29, 0.717) is 12.0 Å². The number of aliphatic imine (C=N–C) groups is 1. The zero-order valence-corrected chi connectivity index (χ0v) is 7.63. The Balaban J connectivity index is 3.23. The number of carbonyl (C=O) groups excluding carboxylic acids is 1. The zero-order valence-electron chi connectivity index (χ0n) is 7.63. The number of hydrogen-bond acceptors (Lipinski definition) is 2. The number of halogens is 2. The van der Waals surface area contributed by atoms with Gasteiger partial charge in [-0.1, -0.05) is 31.2 Å². The summed E-state index contributed by atoms with van der Waals surface area (Å²) < 4.78 is 26.3. The molecule has 0 N–H and O–H groups in total. The van der Waals surface area contributed by atoms with Crippen molar-refractivity contribution in [1.82, 2.24) is 0 Å². The lowest BCUT2D eigenvalue weighted by Crippen LogP contribution is -2.12. The van der Waals surface area contributed by atoms with Crippen LogP contribution in [0.3, 0.4) is 0 Å². The summed E-state index contributed by atoms with van der Waals surface area (Å²) in [5, 5.41) is 0. The molecule has 1 aromatic rings. The third-order valence-electron chi connectivity index (χ3n) is 1.91. The molecule has 0 unspecified atom stereocenters. The van der Waals surface area contributed by atoms with Crippen LogP contribution in [0.4, 0.5) is 8.78 Å². The molecular formula is C10H9F2NO. The molecule has 0 spiro atoms. The van der Waals surface area contributed by atoms with Gasteiger partial charge in [0.2, 0.25) is 6.08 Å². The molecule has 0 heterocycles. The Morgan fingerprint density at radius 1 is 1.43 bits per heavy atom. The minimum atomic E-state index is -3.46. The molecule has 0 amide bonds. The van der Waals surface area contributed by atoms with Gasteiger partial charge in [-0.2, -0.15) is 8.78 Å². The second-order valence-corrected chi connectivity index (χ2v) is 2.76. The van der Waals surface area contributed by atoms with Crippen LogP contribution >= 0.6 is 0 Å². The van der Waals surface area contributed by atoms with Gasteiger partial charge in [0, 0.05) is 5.56 Å². The Morgan fingerprint density at radius 2 is 2.07 bits per heavy atom. The standard InChI is InChI=1S/C10H9F2NO/c1-2-8-5-3-4-6-9(8)10(11,12)13-7-14/h3-6H,2H2,1H3. The third-order valence-corrected chi connectivity index (χ3v) is 1.91. The number of alkyl halides is 2. The number of nitrogens with zero attached hydrogens (tertiary/aromatic N) is 1. The summed E-state index contributed by atoms with van der Waals surface area (Å²) in [6, 6.07) is 2.54. The molecule has 0 aliphatic rings. The van der Waals surface area contributed by atoms with E-state index in [1.165, 1.54) is 12.1 Å². The molecule has 4 heteroatoms. The lowest BCUT2D eigenvalue weighted by molar-refractivity contribution is 0.00532. The van der Waals surface area contributed by atoms with Gasteiger partial charge in [0.25, 0.3) is 0 Å². The Hall–Kier alpha value is -1.54. The van der Waals surface area contributed by atoms with Crippen molar-refractivity contribution < 1.29 is 13.6 Å². The van der Waals surface area contributed by atoms with E-state index in [-0.39, 0.29) is 5.56 Å². The first-order valence-corrected chi connectivity index (χ1v) is 4.17. The van der Waals surface area contributed by atoms with E-state index in [0.717, 1.165) is 6.08 Å². The van der Waals surface area contributed by atoms with E-state index in [2.05, 4.69) is 4.99 Å². The molecule has 0 fully saturated rings. The SMILES string of the molecule is CCc1ccccc1C(F)(F)N=C=O. The fourth-order valence-corrected chi connectivity index (χ4v) is 1.24. The molecule has 1 aromatic carbocycles. The highest BCUT2D eigenvalue weighted by Gasteiger charge is 2.32. The molecule has 14 heavy (non-hydrogen) atoms. The van der Waals surface area contributed by atoms with Gasteiger partial charge >= 0.3 is 6.05 Å². The van der Waals surface area contributed by atoms with Gasteiger partial charge in [0.1, 0.15) is 0 Å². The van der Waals surface area contributed by atoms with Crippen molar-refractivity contribution >= 4 is 6.08 Å². The van der Waals surface area contributed by atoms with E-state index in [4.69, 9.17) is 0 Å². The Kier molecular flexibility index (Phi) is 3.10. The summed E-state index contributed by atoms with van der Waals surface area (Å²) in [7, 11) is 0. The molecule has 0 radical (unpaired) electrons. The predicted octanol–water partition coefficient (Wildman–Crippen LogP) is 2.63. The lowest BCUT2D eigenvalue weighted by Gasteiger charge is -2.12. The molecule has 74 valence electrons. The Bertz CT molecular complexity index is 370. The molecule has 0 aliphatic carbocycles. The summed E-state index contributed by atoms with van der Waals surface area (Å²) in [4.78, 5) is 12.3. The minimum absolute atomic E-state index is 0.231. The highest BCUT2D eigenvalue weighted by atomic mass is 19.3. The minimum Gasteiger partial charge on any atom is -0.211 e. The highest BCUT2D eigenvalue weighted by molar-refractivity contribution is 5.38. The summed E-state index contributed by atoms with van der Waals surface area (Å²) in [6.07, 6.45) is 1.36. The van der Waals surface area contributed by atoms with Crippen molar-refractivity contribution in [2.45, 2.75) is 19.4 Å². The van der Waals surface area contributed by atoms with Crippen LogP contribution < -0.4 is 0 Å². The molecule has 0 bridgehead atoms. The number of hydrogen-bond donors (Lipinski definition) is 0. The first kappa shape index (κ1) is 10.5. The fourth-order valence-electron chi connectivity index (χ4n) is 1.24. The number of rotatable bonds is 3. The smallest absolute Gasteiger partial charge is 0.211 e. The van der Waals surface area contributed by atoms with E-state index in [1.54, 1.807) is 19.1 Å². The molecule has 0 saturated heterocycles. The lowest BCUT2D eigenvalue weighted by atomic mass is 10.0. The average Bonchev–Trinajstić information content (AvgIpc) is 2.18. The van der Waals surface area contributed by atoms with Crippen LogP contribution in [0.5, 0.6) is 0 Å². The maximum absolute atomic E-state index is 13.2. The van der Waals surface area contributed by atoms with Gasteiger partial charge in [-0.15, -0.1) is 4.99 Å². The predicted molar refractivity (Wildman–Crippen MR) is 47.8 cm³/mol. The second-order valence-electron chi connectivity index (χ2n) is 2.76. The quantitative estimate of drug-likeness (QED) is 0.416. The average molecular weight is 197 g/mol. The van der Waals surface area contributed by atoms with Crippen LogP contribution in [0.25, 0.3) is 0 Å². The van der Waals surface area contributed by atoms with Crippen molar-refractivity contribution in [2.75, 3.05) is 0 Å². The van der Waals surface area contributed by atoms with Gasteiger partial charge in [-0.05, 0) is 12.0 Å². The maximum Gasteiger partial charge on any atom is 0.379 e. The summed E-state index contributed by atoms with van der Waals surface area (Å²) >= 11 is 0. The summed E-state index contributed by atoms with van der Waals surface area (Å²) in [5.41, 5.74) is 0.252. The van der Waals surface area contributed by atoms with E-state index in [1.807, 2.05) is 0 Å². The normalized spacial score (nSPS) is 10.8. The van der Waals surface area contributed by atoms with Crippen LogP contribution in [-0.4, -0.2) is 6.08 Å². The van der Waals surface area contributed by atoms with Gasteiger partial charge in [0.15, 0.2) is 0 Å². The summed E-state index contributed by atoms with van der Waals surface area (Å²) in [5.74, 6) is 0. The molecule has 0 aromatic heterocycles. The third kappa shape index (κ3) is 2.03. The van der Waals surface area contributed by atoms with Crippen LogP contribution in [0.1, 0.15) is 18.1 Å². The molecule has 2 nitrogen and oxygen atoms in total. The largest absolute Gasteiger partial charge is 0.379 e. The molecule has 0 aliphatic heterocycles. The molecular weight excluding hydrogens is 188 g/mol. The fraction of sp³-hybridized carbons (Fsp3) is 0.300. The number of isocyanates is 1. The first-order valence-electron chi connectivity index (χ1n) is 4.17. The topological polar surface area (TPSA) is 29.4 Å². The molecule has 0 saturated carbocycles. The molecule has 1 rings (SSSR count). The Labute approximate surface area is 80.3 Å². The number of benzene rings is 1. The highest BCUT2D eigenvalue weighted by Crippen LogP contribution is 2.31. The molecule has 0 atom stereocenters. The van der Waals surface area contributed by atoms with Gasteiger partial charge in [0.05, 0.1) is 0 Å². The van der Waals surface area contributed by atoms with Crippen LogP contribution in [-0.2, 0) is 17.3 Å². The van der Waals surface area contributed by atoms with Gasteiger partial charge in [-0.3, -0.25) is 0 Å². The van der Waals surface area contributed by atoms with Gasteiger partial charge in [-0.25, -0.2) is 4.79 Å². The zero-order chi connectivity index (χ0) is 10.6. The van der Waals surface area contributed by atoms with Crippen molar-refractivity contribution in [3.05, 3.63) is 35.4 Å². The first-order chi connectivity index (χ1) is 6.61. The van der Waals surface area contributed by atoms with Crippen molar-refractivity contribution in [2.24, 2.45) is 4.99 Å². The van der Waals surface area contributed by atoms with Crippen LogP contribution in [0, 0.1) is 0 Å². The second kappa shape index (κ2) is 4.11. The number of aryl methyl sites for hydroxylation is 1. The monoisotopic (exact) mass is 197 g/mol.